The Bertz CT molecular complexity index is 545. The van der Waals surface area contributed by atoms with Gasteiger partial charge in [0, 0.05) is 19.2 Å². The smallest absolute Gasteiger partial charge is 0.293 e. The van der Waals surface area contributed by atoms with Crippen molar-refractivity contribution in [2.24, 2.45) is 0 Å². The zero-order valence-corrected chi connectivity index (χ0v) is 11.9. The molecule has 0 aromatic heterocycles. The van der Waals surface area contributed by atoms with E-state index in [0.29, 0.717) is 13.1 Å². The molecule has 1 aromatic rings. The molecule has 0 aliphatic heterocycles. The average molecular weight is 294 g/mol. The van der Waals surface area contributed by atoms with E-state index in [1.54, 1.807) is 13.8 Å². The van der Waals surface area contributed by atoms with Crippen LogP contribution in [0.25, 0.3) is 0 Å². The van der Waals surface area contributed by atoms with Crippen molar-refractivity contribution in [3.63, 3.8) is 0 Å². The number of nitrogens with zero attached hydrogens (tertiary/aromatic N) is 1. The summed E-state index contributed by atoms with van der Waals surface area (Å²) in [4.78, 5) is 33.8. The number of carbonyl (C=O) groups excluding carboxylic acids is 2. The number of amides is 2. The molecule has 8 heteroatoms. The number of hydrogen-bond acceptors (Lipinski definition) is 5. The first-order valence-electron chi connectivity index (χ1n) is 6.57. The zero-order valence-electron chi connectivity index (χ0n) is 11.9. The van der Waals surface area contributed by atoms with Crippen molar-refractivity contribution in [3.05, 3.63) is 33.9 Å². The van der Waals surface area contributed by atoms with Crippen LogP contribution < -0.4 is 16.0 Å². The van der Waals surface area contributed by atoms with Crippen molar-refractivity contribution in [2.75, 3.05) is 25.0 Å². The summed E-state index contributed by atoms with van der Waals surface area (Å²) in [5.74, 6) is -0.859. The predicted octanol–water partition coefficient (Wildman–Crippen LogP) is 0.892. The summed E-state index contributed by atoms with van der Waals surface area (Å²) >= 11 is 0. The van der Waals surface area contributed by atoms with Gasteiger partial charge in [-0.3, -0.25) is 19.7 Å². The Balaban J connectivity index is 2.95. The van der Waals surface area contributed by atoms with E-state index in [0.717, 1.165) is 0 Å². The number of nitro groups is 1. The zero-order chi connectivity index (χ0) is 15.8. The van der Waals surface area contributed by atoms with E-state index in [9.17, 15) is 19.7 Å². The fourth-order valence-electron chi connectivity index (χ4n) is 1.76. The van der Waals surface area contributed by atoms with E-state index in [1.165, 1.54) is 18.2 Å². The Morgan fingerprint density at radius 3 is 2.48 bits per heavy atom. The molecule has 8 nitrogen and oxygen atoms in total. The molecular weight excluding hydrogens is 276 g/mol. The molecule has 114 valence electrons. The van der Waals surface area contributed by atoms with Gasteiger partial charge in [-0.05, 0) is 19.9 Å². The Labute approximate surface area is 122 Å². The molecule has 0 aliphatic carbocycles. The molecular formula is C13H18N4O4. The van der Waals surface area contributed by atoms with Gasteiger partial charge in [-0.2, -0.15) is 0 Å². The van der Waals surface area contributed by atoms with Crippen LogP contribution >= 0.6 is 0 Å². The second kappa shape index (κ2) is 7.83. The first-order chi connectivity index (χ1) is 10.0. The molecule has 0 unspecified atom stereocenters. The minimum atomic E-state index is -0.557. The predicted molar refractivity (Wildman–Crippen MR) is 78.3 cm³/mol. The van der Waals surface area contributed by atoms with Gasteiger partial charge < -0.3 is 16.0 Å². The van der Waals surface area contributed by atoms with E-state index in [2.05, 4.69) is 16.0 Å². The van der Waals surface area contributed by atoms with Crippen LogP contribution in [0.4, 0.5) is 11.4 Å². The van der Waals surface area contributed by atoms with Crippen molar-refractivity contribution in [1.29, 1.82) is 0 Å². The molecule has 21 heavy (non-hydrogen) atoms. The van der Waals surface area contributed by atoms with Crippen LogP contribution in [-0.4, -0.2) is 36.4 Å². The van der Waals surface area contributed by atoms with Crippen LogP contribution in [0, 0.1) is 10.1 Å². The van der Waals surface area contributed by atoms with Crippen LogP contribution in [0.1, 0.15) is 24.2 Å². The lowest BCUT2D eigenvalue weighted by atomic mass is 10.1. The number of rotatable bonds is 7. The van der Waals surface area contributed by atoms with Gasteiger partial charge in [0.25, 0.3) is 11.6 Å². The topological polar surface area (TPSA) is 113 Å². The SMILES string of the molecule is CCNC(=O)CNC(=O)c1cccc([N+](=O)[O-])c1NCC. The minimum Gasteiger partial charge on any atom is -0.379 e. The second-order valence-corrected chi connectivity index (χ2v) is 4.12. The lowest BCUT2D eigenvalue weighted by molar-refractivity contribution is -0.384. The fourth-order valence-corrected chi connectivity index (χ4v) is 1.76. The average Bonchev–Trinajstić information content (AvgIpc) is 2.45. The third-order valence-electron chi connectivity index (χ3n) is 2.62. The number of nitrogens with one attached hydrogen (secondary N) is 3. The van der Waals surface area contributed by atoms with E-state index in [-0.39, 0.29) is 29.4 Å². The van der Waals surface area contributed by atoms with Crippen LogP contribution in [0.3, 0.4) is 0 Å². The van der Waals surface area contributed by atoms with E-state index < -0.39 is 10.8 Å². The van der Waals surface area contributed by atoms with Gasteiger partial charge in [0.2, 0.25) is 5.91 Å². The highest BCUT2D eigenvalue weighted by Crippen LogP contribution is 2.28. The van der Waals surface area contributed by atoms with Crippen molar-refractivity contribution >= 4 is 23.2 Å². The highest BCUT2D eigenvalue weighted by Gasteiger charge is 2.21. The third kappa shape index (κ3) is 4.44. The lowest BCUT2D eigenvalue weighted by Crippen LogP contribution is -2.37. The quantitative estimate of drug-likeness (QED) is 0.510. The second-order valence-electron chi connectivity index (χ2n) is 4.12. The maximum absolute atomic E-state index is 12.1. The Morgan fingerprint density at radius 2 is 1.90 bits per heavy atom. The van der Waals surface area contributed by atoms with Crippen molar-refractivity contribution in [2.45, 2.75) is 13.8 Å². The summed E-state index contributed by atoms with van der Waals surface area (Å²) in [7, 11) is 0. The number of anilines is 1. The maximum Gasteiger partial charge on any atom is 0.293 e. The summed E-state index contributed by atoms with van der Waals surface area (Å²) in [5, 5.41) is 18.8. The standard InChI is InChI=1S/C13H18N4O4/c1-3-14-11(18)8-16-13(19)9-6-5-7-10(17(20)21)12(9)15-4-2/h5-7,15H,3-4,8H2,1-2H3,(H,14,18)(H,16,19). The van der Waals surface area contributed by atoms with Crippen LogP contribution in [0.2, 0.25) is 0 Å². The van der Waals surface area contributed by atoms with E-state index >= 15 is 0 Å². The molecule has 1 aromatic carbocycles. The maximum atomic E-state index is 12.1. The lowest BCUT2D eigenvalue weighted by Gasteiger charge is -2.11. The van der Waals surface area contributed by atoms with Crippen molar-refractivity contribution < 1.29 is 14.5 Å². The number of nitro benzene ring substituents is 1. The van der Waals surface area contributed by atoms with Crippen molar-refractivity contribution in [3.8, 4) is 0 Å². The molecule has 0 heterocycles. The number of hydrogen-bond donors (Lipinski definition) is 3. The molecule has 0 bridgehead atoms. The summed E-state index contributed by atoms with van der Waals surface area (Å²) in [6.07, 6.45) is 0. The molecule has 0 fully saturated rings. The number of para-hydroxylation sites is 1. The van der Waals surface area contributed by atoms with Crippen LogP contribution in [0.5, 0.6) is 0 Å². The molecule has 2 amide bonds. The summed E-state index contributed by atoms with van der Waals surface area (Å²) in [6.45, 7) is 4.26. The number of benzene rings is 1. The first-order valence-corrected chi connectivity index (χ1v) is 6.57. The highest BCUT2D eigenvalue weighted by atomic mass is 16.6. The molecule has 0 saturated carbocycles. The normalized spacial score (nSPS) is 9.81. The monoisotopic (exact) mass is 294 g/mol. The van der Waals surface area contributed by atoms with E-state index in [4.69, 9.17) is 0 Å². The molecule has 0 radical (unpaired) electrons. The Morgan fingerprint density at radius 1 is 1.19 bits per heavy atom. The van der Waals surface area contributed by atoms with Gasteiger partial charge >= 0.3 is 0 Å². The first kappa shape index (κ1) is 16.4. The van der Waals surface area contributed by atoms with E-state index in [1.807, 2.05) is 0 Å². The van der Waals surface area contributed by atoms with Crippen LogP contribution in [0.15, 0.2) is 18.2 Å². The van der Waals surface area contributed by atoms with Gasteiger partial charge in [0.15, 0.2) is 0 Å². The number of likely N-dealkylation sites (N-methyl/N-ethyl adjacent to an activating group) is 1. The summed E-state index contributed by atoms with van der Waals surface area (Å²) < 4.78 is 0. The Kier molecular flexibility index (Phi) is 6.12. The van der Waals surface area contributed by atoms with Gasteiger partial charge in [0.05, 0.1) is 17.0 Å². The summed E-state index contributed by atoms with van der Waals surface area (Å²) in [6, 6.07) is 4.22. The molecule has 0 spiro atoms. The molecule has 3 N–H and O–H groups in total. The Hall–Kier alpha value is -2.64. The molecule has 1 rings (SSSR count). The van der Waals surface area contributed by atoms with Gasteiger partial charge in [-0.1, -0.05) is 6.07 Å². The third-order valence-corrected chi connectivity index (χ3v) is 2.62. The van der Waals surface area contributed by atoms with Gasteiger partial charge in [0.1, 0.15) is 5.69 Å². The molecule has 0 atom stereocenters. The minimum absolute atomic E-state index is 0.135. The van der Waals surface area contributed by atoms with Gasteiger partial charge in [-0.25, -0.2) is 0 Å². The van der Waals surface area contributed by atoms with Gasteiger partial charge in [-0.15, -0.1) is 0 Å². The largest absolute Gasteiger partial charge is 0.379 e. The van der Waals surface area contributed by atoms with Crippen molar-refractivity contribution in [1.82, 2.24) is 10.6 Å². The molecule has 0 saturated heterocycles. The number of carbonyl (C=O) groups is 2. The molecule has 0 aliphatic rings. The fraction of sp³-hybridized carbons (Fsp3) is 0.385. The van der Waals surface area contributed by atoms with Crippen LogP contribution in [-0.2, 0) is 4.79 Å². The highest BCUT2D eigenvalue weighted by molar-refractivity contribution is 6.02. The summed E-state index contributed by atoms with van der Waals surface area (Å²) in [5.41, 5.74) is 0.108.